The van der Waals surface area contributed by atoms with Crippen LogP contribution in [0.4, 0.5) is 0 Å². The molecule has 1 aromatic carbocycles. The molecule has 3 rings (SSSR count). The third kappa shape index (κ3) is 2.69. The Morgan fingerprint density at radius 3 is 2.48 bits per heavy atom. The van der Waals surface area contributed by atoms with Crippen LogP contribution >= 0.6 is 0 Å². The van der Waals surface area contributed by atoms with Crippen LogP contribution in [-0.2, 0) is 11.8 Å². The molecule has 23 heavy (non-hydrogen) atoms. The molecular weight excluding hydrogens is 288 g/mol. The first-order chi connectivity index (χ1) is 10.8. The van der Waals surface area contributed by atoms with Crippen LogP contribution in [0.2, 0.25) is 0 Å². The first-order valence-electron chi connectivity index (χ1n) is 8.31. The molecule has 0 amide bonds. The first kappa shape index (κ1) is 15.9. The van der Waals surface area contributed by atoms with Gasteiger partial charge in [0, 0.05) is 28.0 Å². The molecule has 0 aliphatic heterocycles. The summed E-state index contributed by atoms with van der Waals surface area (Å²) in [6.07, 6.45) is 4.89. The Labute approximate surface area is 136 Å². The van der Waals surface area contributed by atoms with Gasteiger partial charge in [0.15, 0.2) is 0 Å². The molecule has 0 spiro atoms. The lowest BCUT2D eigenvalue weighted by Gasteiger charge is -2.17. The second-order valence-electron chi connectivity index (χ2n) is 7.35. The number of hydrogen-bond acceptors (Lipinski definition) is 3. The molecule has 2 heterocycles. The van der Waals surface area contributed by atoms with Crippen LogP contribution in [0.1, 0.15) is 57.2 Å². The third-order valence-electron chi connectivity index (χ3n) is 4.49. The van der Waals surface area contributed by atoms with Crippen LogP contribution in [0, 0.1) is 6.92 Å². The molecule has 0 atom stereocenters. The number of furan rings is 1. The molecule has 0 aliphatic carbocycles. The summed E-state index contributed by atoms with van der Waals surface area (Å²) in [5, 5.41) is 2.16. The molecule has 0 radical (unpaired) electrons. The summed E-state index contributed by atoms with van der Waals surface area (Å²) in [4.78, 5) is 11.9. The Kier molecular flexibility index (Phi) is 3.83. The summed E-state index contributed by atoms with van der Waals surface area (Å²) in [6.45, 7) is 10.7. The van der Waals surface area contributed by atoms with Crippen LogP contribution in [0.5, 0.6) is 0 Å². The lowest BCUT2D eigenvalue weighted by molar-refractivity contribution is 0.549. The maximum atomic E-state index is 11.9. The van der Waals surface area contributed by atoms with Gasteiger partial charge in [0.25, 0.3) is 0 Å². The lowest BCUT2D eigenvalue weighted by Crippen LogP contribution is -2.10. The fraction of sp³-hybridized carbons (Fsp3) is 0.450. The summed E-state index contributed by atoms with van der Waals surface area (Å²) in [7, 11) is 0. The van der Waals surface area contributed by atoms with E-state index in [0.717, 1.165) is 46.7 Å². The Balaban J connectivity index is 2.38. The van der Waals surface area contributed by atoms with Gasteiger partial charge < -0.3 is 8.83 Å². The SMILES string of the molecule is CCCCc1cc(=O)oc2c(C)c3occ(C(C)(C)C)c3cc12. The maximum Gasteiger partial charge on any atom is 0.336 e. The second-order valence-corrected chi connectivity index (χ2v) is 7.35. The minimum atomic E-state index is -0.284. The molecular formula is C20H24O3. The molecule has 0 bridgehead atoms. The van der Waals surface area contributed by atoms with E-state index in [0.29, 0.717) is 5.58 Å². The smallest absolute Gasteiger partial charge is 0.336 e. The topological polar surface area (TPSA) is 43.4 Å². The maximum absolute atomic E-state index is 11.9. The van der Waals surface area contributed by atoms with E-state index in [4.69, 9.17) is 8.83 Å². The molecule has 3 heteroatoms. The zero-order valence-electron chi connectivity index (χ0n) is 14.6. The van der Waals surface area contributed by atoms with Crippen molar-refractivity contribution in [2.24, 2.45) is 0 Å². The van der Waals surface area contributed by atoms with Gasteiger partial charge in [-0.05, 0) is 36.8 Å². The molecule has 2 aromatic heterocycles. The predicted molar refractivity (Wildman–Crippen MR) is 94.3 cm³/mol. The largest absolute Gasteiger partial charge is 0.464 e. The summed E-state index contributed by atoms with van der Waals surface area (Å²) in [5.74, 6) is 0. The molecule has 3 aromatic rings. The molecule has 0 saturated carbocycles. The van der Waals surface area contributed by atoms with Gasteiger partial charge in [0.2, 0.25) is 0 Å². The highest BCUT2D eigenvalue weighted by Crippen LogP contribution is 2.37. The van der Waals surface area contributed by atoms with Crippen molar-refractivity contribution < 1.29 is 8.83 Å². The molecule has 3 nitrogen and oxygen atoms in total. The Hall–Kier alpha value is -2.03. The number of rotatable bonds is 3. The average Bonchev–Trinajstić information content (AvgIpc) is 2.90. The standard InChI is InChI=1S/C20H24O3/c1-6-7-8-13-9-17(21)23-19-12(2)18-15(10-14(13)19)16(11-22-18)20(3,4)5/h9-11H,6-8H2,1-5H3. The third-order valence-corrected chi connectivity index (χ3v) is 4.49. The van der Waals surface area contributed by atoms with E-state index in [1.807, 2.05) is 13.2 Å². The number of aryl methyl sites for hydroxylation is 2. The summed E-state index contributed by atoms with van der Waals surface area (Å²) in [5.41, 5.74) is 4.36. The van der Waals surface area contributed by atoms with E-state index in [9.17, 15) is 4.79 Å². The van der Waals surface area contributed by atoms with Gasteiger partial charge in [-0.25, -0.2) is 4.79 Å². The summed E-state index contributed by atoms with van der Waals surface area (Å²) in [6, 6.07) is 3.77. The van der Waals surface area contributed by atoms with Crippen molar-refractivity contribution in [3.8, 4) is 0 Å². The van der Waals surface area contributed by atoms with Gasteiger partial charge in [0.05, 0.1) is 6.26 Å². The second kappa shape index (κ2) is 5.55. The monoisotopic (exact) mass is 312 g/mol. The lowest BCUT2D eigenvalue weighted by atomic mass is 9.86. The van der Waals surface area contributed by atoms with Gasteiger partial charge in [0.1, 0.15) is 11.2 Å². The van der Waals surface area contributed by atoms with E-state index in [-0.39, 0.29) is 11.0 Å². The fourth-order valence-electron chi connectivity index (χ4n) is 3.19. The highest BCUT2D eigenvalue weighted by molar-refractivity contribution is 5.99. The van der Waals surface area contributed by atoms with Crippen LogP contribution in [0.3, 0.4) is 0 Å². The van der Waals surface area contributed by atoms with E-state index < -0.39 is 0 Å². The van der Waals surface area contributed by atoms with Crippen LogP contribution < -0.4 is 5.63 Å². The zero-order chi connectivity index (χ0) is 16.8. The van der Waals surface area contributed by atoms with Crippen molar-refractivity contribution in [1.82, 2.24) is 0 Å². The number of benzene rings is 1. The number of fused-ring (bicyclic) bond motifs is 2. The minimum Gasteiger partial charge on any atom is -0.464 e. The molecule has 0 N–H and O–H groups in total. The quantitative estimate of drug-likeness (QED) is 0.601. The van der Waals surface area contributed by atoms with E-state index in [2.05, 4.69) is 33.8 Å². The van der Waals surface area contributed by atoms with Crippen LogP contribution in [0.25, 0.3) is 21.9 Å². The van der Waals surface area contributed by atoms with Crippen molar-refractivity contribution >= 4 is 21.9 Å². The summed E-state index contributed by atoms with van der Waals surface area (Å²) < 4.78 is 11.3. The van der Waals surface area contributed by atoms with E-state index in [1.165, 1.54) is 5.56 Å². The van der Waals surface area contributed by atoms with Crippen LogP contribution in [-0.4, -0.2) is 0 Å². The number of hydrogen-bond donors (Lipinski definition) is 0. The van der Waals surface area contributed by atoms with Crippen molar-refractivity contribution in [2.45, 2.75) is 59.3 Å². The highest BCUT2D eigenvalue weighted by Gasteiger charge is 2.22. The van der Waals surface area contributed by atoms with Crippen molar-refractivity contribution in [3.63, 3.8) is 0 Å². The van der Waals surface area contributed by atoms with Gasteiger partial charge in [-0.1, -0.05) is 34.1 Å². The minimum absolute atomic E-state index is 0.00453. The van der Waals surface area contributed by atoms with Crippen LogP contribution in [0.15, 0.2) is 32.0 Å². The molecule has 0 unspecified atom stereocenters. The Morgan fingerprint density at radius 1 is 1.09 bits per heavy atom. The molecule has 0 saturated heterocycles. The molecule has 0 aliphatic rings. The summed E-state index contributed by atoms with van der Waals surface area (Å²) >= 11 is 0. The predicted octanol–water partition coefficient (Wildman–Crippen LogP) is 5.49. The zero-order valence-corrected chi connectivity index (χ0v) is 14.6. The highest BCUT2D eigenvalue weighted by atomic mass is 16.4. The van der Waals surface area contributed by atoms with E-state index in [1.54, 1.807) is 6.07 Å². The Morgan fingerprint density at radius 2 is 1.83 bits per heavy atom. The van der Waals surface area contributed by atoms with Crippen molar-refractivity contribution in [1.29, 1.82) is 0 Å². The van der Waals surface area contributed by atoms with Crippen molar-refractivity contribution in [2.75, 3.05) is 0 Å². The van der Waals surface area contributed by atoms with Gasteiger partial charge in [-0.3, -0.25) is 0 Å². The Bertz CT molecular complexity index is 920. The average molecular weight is 312 g/mol. The molecule has 0 fully saturated rings. The molecule has 122 valence electrons. The van der Waals surface area contributed by atoms with Gasteiger partial charge in [-0.15, -0.1) is 0 Å². The van der Waals surface area contributed by atoms with E-state index >= 15 is 0 Å². The fourth-order valence-corrected chi connectivity index (χ4v) is 3.19. The normalized spacial score (nSPS) is 12.4. The number of unbranched alkanes of at least 4 members (excludes halogenated alkanes) is 1. The van der Waals surface area contributed by atoms with Gasteiger partial charge in [-0.2, -0.15) is 0 Å². The first-order valence-corrected chi connectivity index (χ1v) is 8.31. The van der Waals surface area contributed by atoms with Gasteiger partial charge >= 0.3 is 5.63 Å². The van der Waals surface area contributed by atoms with Crippen molar-refractivity contribution in [3.05, 3.63) is 45.5 Å².